The van der Waals surface area contributed by atoms with Gasteiger partial charge in [0, 0.05) is 6.54 Å². The molecule has 1 fully saturated rings. The third kappa shape index (κ3) is 4.57. The Hall–Kier alpha value is -0.920. The number of sulfonamides is 1. The predicted molar refractivity (Wildman–Crippen MR) is 78.6 cm³/mol. The van der Waals surface area contributed by atoms with Gasteiger partial charge in [0.05, 0.1) is 17.3 Å². The van der Waals surface area contributed by atoms with Gasteiger partial charge in [0.15, 0.2) is 9.84 Å². The van der Waals surface area contributed by atoms with E-state index in [-0.39, 0.29) is 29.7 Å². The maximum atomic E-state index is 12.0. The number of aryl methyl sites for hydroxylation is 1. The summed E-state index contributed by atoms with van der Waals surface area (Å²) in [4.78, 5) is 0. The van der Waals surface area contributed by atoms with Gasteiger partial charge in [0.2, 0.25) is 10.0 Å². The first-order chi connectivity index (χ1) is 9.26. The summed E-state index contributed by atoms with van der Waals surface area (Å²) in [5, 5.41) is 0. The maximum Gasteiger partial charge on any atom is 0.215 e. The molecule has 0 radical (unpaired) electrons. The maximum absolute atomic E-state index is 12.0. The highest BCUT2D eigenvalue weighted by Gasteiger charge is 2.28. The van der Waals surface area contributed by atoms with Crippen LogP contribution in [0.25, 0.3) is 0 Å². The van der Waals surface area contributed by atoms with Crippen LogP contribution in [0.3, 0.4) is 0 Å². The quantitative estimate of drug-likeness (QED) is 0.873. The zero-order valence-corrected chi connectivity index (χ0v) is 13.0. The van der Waals surface area contributed by atoms with Gasteiger partial charge in [-0.2, -0.15) is 0 Å². The van der Waals surface area contributed by atoms with E-state index in [1.165, 1.54) is 0 Å². The van der Waals surface area contributed by atoms with Crippen LogP contribution in [-0.4, -0.2) is 34.9 Å². The first kappa shape index (κ1) is 15.5. The molecule has 0 aliphatic carbocycles. The van der Waals surface area contributed by atoms with Crippen molar-refractivity contribution in [2.24, 2.45) is 5.92 Å². The molecule has 1 heterocycles. The highest BCUT2D eigenvalue weighted by atomic mass is 32.2. The van der Waals surface area contributed by atoms with Crippen LogP contribution in [0.1, 0.15) is 17.5 Å². The van der Waals surface area contributed by atoms with Gasteiger partial charge >= 0.3 is 0 Å². The lowest BCUT2D eigenvalue weighted by molar-refractivity contribution is 0.542. The monoisotopic (exact) mass is 317 g/mol. The Balaban J connectivity index is 1.92. The molecule has 112 valence electrons. The molecule has 2 rings (SSSR count). The summed E-state index contributed by atoms with van der Waals surface area (Å²) in [6.45, 7) is 2.11. The van der Waals surface area contributed by atoms with Crippen LogP contribution in [0, 0.1) is 12.8 Å². The summed E-state index contributed by atoms with van der Waals surface area (Å²) in [6.07, 6.45) is 0.537. The molecule has 1 saturated heterocycles. The molecular weight excluding hydrogens is 298 g/mol. The summed E-state index contributed by atoms with van der Waals surface area (Å²) in [6, 6.07) is 7.34. The van der Waals surface area contributed by atoms with Gasteiger partial charge in [-0.3, -0.25) is 0 Å². The van der Waals surface area contributed by atoms with Gasteiger partial charge in [-0.15, -0.1) is 0 Å². The van der Waals surface area contributed by atoms with Crippen molar-refractivity contribution in [3.63, 3.8) is 0 Å². The Kier molecular flexibility index (Phi) is 4.51. The lowest BCUT2D eigenvalue weighted by atomic mass is 10.1. The summed E-state index contributed by atoms with van der Waals surface area (Å²) in [7, 11) is -6.38. The van der Waals surface area contributed by atoms with E-state index in [0.717, 1.165) is 11.1 Å². The average molecular weight is 317 g/mol. The van der Waals surface area contributed by atoms with E-state index in [9.17, 15) is 16.8 Å². The van der Waals surface area contributed by atoms with Gasteiger partial charge in [0.1, 0.15) is 0 Å². The Bertz CT molecular complexity index is 680. The van der Waals surface area contributed by atoms with Crippen molar-refractivity contribution in [2.45, 2.75) is 19.1 Å². The van der Waals surface area contributed by atoms with Crippen LogP contribution in [0.4, 0.5) is 0 Å². The summed E-state index contributed by atoms with van der Waals surface area (Å²) < 4.78 is 49.1. The highest BCUT2D eigenvalue weighted by Crippen LogP contribution is 2.18. The molecule has 0 spiro atoms. The molecule has 5 nitrogen and oxygen atoms in total. The van der Waals surface area contributed by atoms with Crippen LogP contribution >= 0.6 is 0 Å². The molecule has 1 aromatic carbocycles. The zero-order valence-electron chi connectivity index (χ0n) is 11.4. The largest absolute Gasteiger partial charge is 0.229 e. The minimum absolute atomic E-state index is 0.0752. The van der Waals surface area contributed by atoms with E-state index in [1.54, 1.807) is 6.07 Å². The molecular formula is C13H19NO4S2. The minimum Gasteiger partial charge on any atom is -0.229 e. The number of benzene rings is 1. The van der Waals surface area contributed by atoms with Gasteiger partial charge in [0.25, 0.3) is 0 Å². The van der Waals surface area contributed by atoms with Crippen LogP contribution in [0.2, 0.25) is 0 Å². The van der Waals surface area contributed by atoms with Gasteiger partial charge in [-0.1, -0.05) is 29.8 Å². The molecule has 1 aliphatic heterocycles. The third-order valence-electron chi connectivity index (χ3n) is 3.36. The minimum atomic E-state index is -3.42. The van der Waals surface area contributed by atoms with E-state index in [4.69, 9.17) is 0 Å². The second-order valence-electron chi connectivity index (χ2n) is 5.37. The number of nitrogens with one attached hydrogen (secondary N) is 1. The van der Waals surface area contributed by atoms with Crippen LogP contribution in [0.15, 0.2) is 24.3 Å². The Labute approximate surface area is 120 Å². The van der Waals surface area contributed by atoms with E-state index >= 15 is 0 Å². The van der Waals surface area contributed by atoms with Crippen molar-refractivity contribution >= 4 is 19.9 Å². The van der Waals surface area contributed by atoms with E-state index in [2.05, 4.69) is 4.72 Å². The smallest absolute Gasteiger partial charge is 0.215 e. The lowest BCUT2D eigenvalue weighted by Crippen LogP contribution is -2.30. The molecule has 20 heavy (non-hydrogen) atoms. The topological polar surface area (TPSA) is 80.3 Å². The number of hydrogen-bond acceptors (Lipinski definition) is 4. The number of rotatable bonds is 5. The van der Waals surface area contributed by atoms with Gasteiger partial charge in [-0.25, -0.2) is 21.6 Å². The number of hydrogen-bond donors (Lipinski definition) is 1. The third-order valence-corrected chi connectivity index (χ3v) is 6.51. The summed E-state index contributed by atoms with van der Waals surface area (Å²) >= 11 is 0. The predicted octanol–water partition coefficient (Wildman–Crippen LogP) is 0.849. The fraction of sp³-hybridized carbons (Fsp3) is 0.538. The molecule has 0 amide bonds. The SMILES string of the molecule is Cc1cccc(CS(=O)(=O)NCC2CCS(=O)(=O)C2)c1. The summed E-state index contributed by atoms with van der Waals surface area (Å²) in [5.74, 6) is 0.0676. The van der Waals surface area contributed by atoms with E-state index in [0.29, 0.717) is 6.42 Å². The molecule has 1 aliphatic rings. The molecule has 1 unspecified atom stereocenters. The molecule has 0 saturated carbocycles. The van der Waals surface area contributed by atoms with Crippen molar-refractivity contribution in [3.8, 4) is 0 Å². The Morgan fingerprint density at radius 3 is 2.70 bits per heavy atom. The molecule has 0 aromatic heterocycles. The van der Waals surface area contributed by atoms with Crippen molar-refractivity contribution in [3.05, 3.63) is 35.4 Å². The summed E-state index contributed by atoms with van der Waals surface area (Å²) in [5.41, 5.74) is 1.75. The van der Waals surface area contributed by atoms with Crippen molar-refractivity contribution in [1.82, 2.24) is 4.72 Å². The zero-order chi connectivity index (χ0) is 14.8. The van der Waals surface area contributed by atoms with E-state index < -0.39 is 19.9 Å². The lowest BCUT2D eigenvalue weighted by Gasteiger charge is -2.10. The van der Waals surface area contributed by atoms with Crippen LogP contribution < -0.4 is 4.72 Å². The fourth-order valence-corrected chi connectivity index (χ4v) is 5.42. The fourth-order valence-electron chi connectivity index (χ4n) is 2.35. The van der Waals surface area contributed by atoms with Crippen molar-refractivity contribution in [2.75, 3.05) is 18.1 Å². The number of sulfone groups is 1. The highest BCUT2D eigenvalue weighted by molar-refractivity contribution is 7.91. The second-order valence-corrected chi connectivity index (χ2v) is 9.40. The Morgan fingerprint density at radius 1 is 1.35 bits per heavy atom. The standard InChI is InChI=1S/C13H19NO4S2/c1-11-3-2-4-12(7-11)10-20(17,18)14-8-13-5-6-19(15,16)9-13/h2-4,7,13-14H,5-6,8-10H2,1H3. The molecule has 1 atom stereocenters. The first-order valence-corrected chi connectivity index (χ1v) is 9.96. The van der Waals surface area contributed by atoms with E-state index in [1.807, 2.05) is 25.1 Å². The molecule has 1 N–H and O–H groups in total. The van der Waals surface area contributed by atoms with Gasteiger partial charge < -0.3 is 0 Å². The van der Waals surface area contributed by atoms with Crippen LogP contribution in [-0.2, 0) is 25.6 Å². The molecule has 1 aromatic rings. The van der Waals surface area contributed by atoms with Crippen molar-refractivity contribution < 1.29 is 16.8 Å². The average Bonchev–Trinajstić information content (AvgIpc) is 2.66. The van der Waals surface area contributed by atoms with Crippen molar-refractivity contribution in [1.29, 1.82) is 0 Å². The first-order valence-electron chi connectivity index (χ1n) is 6.49. The van der Waals surface area contributed by atoms with Gasteiger partial charge in [-0.05, 0) is 24.8 Å². The molecule has 7 heteroatoms. The van der Waals surface area contributed by atoms with Crippen LogP contribution in [0.5, 0.6) is 0 Å². The molecule has 0 bridgehead atoms. The normalized spacial score (nSPS) is 21.9. The Morgan fingerprint density at radius 2 is 2.10 bits per heavy atom. The second kappa shape index (κ2) is 5.83.